The van der Waals surface area contributed by atoms with Gasteiger partial charge in [-0.2, -0.15) is 0 Å². The molecule has 154 valence electrons. The van der Waals surface area contributed by atoms with Gasteiger partial charge in [-0.3, -0.25) is 9.80 Å². The van der Waals surface area contributed by atoms with Crippen LogP contribution in [-0.2, 0) is 6.54 Å². The predicted molar refractivity (Wildman–Crippen MR) is 107 cm³/mol. The van der Waals surface area contributed by atoms with Crippen LogP contribution in [-0.4, -0.2) is 89.1 Å². The number of aliphatic hydroxyl groups is 2. The number of nitrogens with one attached hydrogen (secondary N) is 1. The maximum atomic E-state index is 10.9. The number of carbonyl (C=O) groups is 1. The molecule has 0 saturated heterocycles. The van der Waals surface area contributed by atoms with E-state index < -0.39 is 5.97 Å². The highest BCUT2D eigenvalue weighted by Gasteiger charge is 2.11. The van der Waals surface area contributed by atoms with Gasteiger partial charge in [0, 0.05) is 45.8 Å². The Morgan fingerprint density at radius 1 is 1.04 bits per heavy atom. The zero-order chi connectivity index (χ0) is 20.2. The number of hydrogen-bond donors (Lipinski definition) is 4. The fourth-order valence-electron chi connectivity index (χ4n) is 2.86. The number of carboxylic acids is 1. The highest BCUT2D eigenvalue weighted by molar-refractivity contribution is 5.87. The number of benzene rings is 1. The highest BCUT2D eigenvalue weighted by atomic mass is 16.4. The van der Waals surface area contributed by atoms with Crippen LogP contribution in [0, 0.1) is 0 Å². The molecule has 0 heterocycles. The van der Waals surface area contributed by atoms with Crippen LogP contribution >= 0.6 is 0 Å². The smallest absolute Gasteiger partial charge is 0.335 e. The summed E-state index contributed by atoms with van der Waals surface area (Å²) in [5.41, 5.74) is 1.39. The van der Waals surface area contributed by atoms with Gasteiger partial charge in [-0.25, -0.2) is 4.79 Å². The summed E-state index contributed by atoms with van der Waals surface area (Å²) in [5.74, 6) is -0.910. The minimum absolute atomic E-state index is 0.301. The third-order valence-electron chi connectivity index (χ3n) is 4.35. The van der Waals surface area contributed by atoms with Gasteiger partial charge in [0.25, 0.3) is 0 Å². The van der Waals surface area contributed by atoms with E-state index in [0.29, 0.717) is 18.7 Å². The second-order valence-electron chi connectivity index (χ2n) is 7.07. The summed E-state index contributed by atoms with van der Waals surface area (Å²) < 4.78 is 0. The maximum absolute atomic E-state index is 10.9. The first-order valence-corrected chi connectivity index (χ1v) is 9.65. The van der Waals surface area contributed by atoms with Crippen molar-refractivity contribution in [3.05, 3.63) is 35.4 Å². The summed E-state index contributed by atoms with van der Waals surface area (Å²) in [6.07, 6.45) is -0.751. The van der Waals surface area contributed by atoms with Gasteiger partial charge in [0.05, 0.1) is 17.8 Å². The number of rotatable bonds is 14. The molecule has 0 bridgehead atoms. The lowest BCUT2D eigenvalue weighted by atomic mass is 10.1. The van der Waals surface area contributed by atoms with Gasteiger partial charge in [-0.05, 0) is 38.1 Å². The van der Waals surface area contributed by atoms with Crippen molar-refractivity contribution >= 4 is 5.97 Å². The molecule has 0 aliphatic rings. The average Bonchev–Trinajstić information content (AvgIpc) is 2.61. The molecule has 0 fully saturated rings. The Morgan fingerprint density at radius 3 is 2.19 bits per heavy atom. The van der Waals surface area contributed by atoms with Crippen molar-refractivity contribution in [2.75, 3.05) is 45.8 Å². The van der Waals surface area contributed by atoms with Crippen LogP contribution in [0.4, 0.5) is 0 Å². The van der Waals surface area contributed by atoms with Crippen LogP contribution in [0.15, 0.2) is 24.3 Å². The molecule has 0 saturated carbocycles. The molecule has 0 unspecified atom stereocenters. The lowest BCUT2D eigenvalue weighted by molar-refractivity contribution is 0.0696. The van der Waals surface area contributed by atoms with Crippen molar-refractivity contribution in [3.8, 4) is 0 Å². The lowest BCUT2D eigenvalue weighted by Crippen LogP contribution is -2.42. The van der Waals surface area contributed by atoms with Crippen molar-refractivity contribution in [2.24, 2.45) is 0 Å². The van der Waals surface area contributed by atoms with Crippen LogP contribution in [0.1, 0.15) is 36.7 Å². The van der Waals surface area contributed by atoms with Crippen molar-refractivity contribution < 1.29 is 20.1 Å². The Bertz CT molecular complexity index is 535. The van der Waals surface area contributed by atoms with Gasteiger partial charge in [-0.15, -0.1) is 0 Å². The molecule has 0 radical (unpaired) electrons. The summed E-state index contributed by atoms with van der Waals surface area (Å²) >= 11 is 0. The second kappa shape index (κ2) is 12.8. The molecule has 4 N–H and O–H groups in total. The molecule has 27 heavy (non-hydrogen) atoms. The maximum Gasteiger partial charge on any atom is 0.335 e. The van der Waals surface area contributed by atoms with Gasteiger partial charge in [0.1, 0.15) is 0 Å². The number of hydrogen-bond acceptors (Lipinski definition) is 6. The Balaban J connectivity index is 2.50. The van der Waals surface area contributed by atoms with Crippen LogP contribution in [0.3, 0.4) is 0 Å². The van der Waals surface area contributed by atoms with Gasteiger partial charge in [0.2, 0.25) is 0 Å². The molecule has 0 aliphatic heterocycles. The number of aliphatic hydroxyl groups excluding tert-OH is 2. The molecular weight excluding hydrogens is 346 g/mol. The van der Waals surface area contributed by atoms with E-state index in [-0.39, 0.29) is 12.2 Å². The zero-order valence-electron chi connectivity index (χ0n) is 16.8. The molecule has 7 heteroatoms. The largest absolute Gasteiger partial charge is 0.478 e. The number of carboxylic acid groups (broad SMARTS) is 1. The Labute approximate surface area is 162 Å². The summed E-state index contributed by atoms with van der Waals surface area (Å²) in [5, 5.41) is 31.2. The third-order valence-corrected chi connectivity index (χ3v) is 4.35. The molecule has 0 aliphatic carbocycles. The summed E-state index contributed by atoms with van der Waals surface area (Å²) in [6.45, 7) is 11.8. The molecule has 0 spiro atoms. The summed E-state index contributed by atoms with van der Waals surface area (Å²) in [6, 6.07) is 7.00. The van der Waals surface area contributed by atoms with Crippen molar-refractivity contribution in [1.82, 2.24) is 15.1 Å². The number of likely N-dealkylation sites (N-methyl/N-ethyl adjacent to an activating group) is 1. The van der Waals surface area contributed by atoms with Crippen molar-refractivity contribution in [2.45, 2.75) is 39.5 Å². The topological polar surface area (TPSA) is 96.3 Å². The molecule has 7 nitrogen and oxygen atoms in total. The second-order valence-corrected chi connectivity index (χ2v) is 7.07. The van der Waals surface area contributed by atoms with Crippen molar-refractivity contribution in [3.63, 3.8) is 0 Å². The van der Waals surface area contributed by atoms with Gasteiger partial charge >= 0.3 is 5.97 Å². The van der Waals surface area contributed by atoms with Gasteiger partial charge in [0.15, 0.2) is 0 Å². The minimum atomic E-state index is -0.910. The third kappa shape index (κ3) is 10.4. The molecule has 2 atom stereocenters. The van der Waals surface area contributed by atoms with Gasteiger partial charge in [-0.1, -0.05) is 19.1 Å². The van der Waals surface area contributed by atoms with E-state index in [1.54, 1.807) is 26.0 Å². The van der Waals surface area contributed by atoms with Crippen molar-refractivity contribution in [1.29, 1.82) is 0 Å². The van der Waals surface area contributed by atoms with Crippen LogP contribution in [0.2, 0.25) is 0 Å². The number of aromatic carboxylic acids is 1. The summed E-state index contributed by atoms with van der Waals surface area (Å²) in [7, 11) is 0. The van der Waals surface area contributed by atoms with E-state index >= 15 is 0 Å². The fraction of sp³-hybridized carbons (Fsp3) is 0.650. The van der Waals surface area contributed by atoms with E-state index in [1.165, 1.54) is 0 Å². The van der Waals surface area contributed by atoms with Crippen LogP contribution in [0.25, 0.3) is 0 Å². The quantitative estimate of drug-likeness (QED) is 0.355. The normalized spacial score (nSPS) is 13.9. The van der Waals surface area contributed by atoms with Crippen LogP contribution < -0.4 is 5.32 Å². The zero-order valence-corrected chi connectivity index (χ0v) is 16.8. The molecule has 1 aromatic rings. The van der Waals surface area contributed by atoms with Gasteiger partial charge < -0.3 is 20.6 Å². The van der Waals surface area contributed by atoms with E-state index in [0.717, 1.165) is 44.8 Å². The summed E-state index contributed by atoms with van der Waals surface area (Å²) in [4.78, 5) is 15.5. The Hall–Kier alpha value is -1.51. The van der Waals surface area contributed by atoms with E-state index in [4.69, 9.17) is 5.11 Å². The molecule has 0 amide bonds. The van der Waals surface area contributed by atoms with E-state index in [2.05, 4.69) is 22.0 Å². The van der Waals surface area contributed by atoms with E-state index in [1.807, 2.05) is 12.1 Å². The first-order valence-electron chi connectivity index (χ1n) is 9.65. The lowest BCUT2D eigenvalue weighted by Gasteiger charge is -2.28. The Kier molecular flexibility index (Phi) is 11.2. The predicted octanol–water partition coefficient (Wildman–Crippen LogP) is 0.860. The monoisotopic (exact) mass is 381 g/mol. The fourth-order valence-corrected chi connectivity index (χ4v) is 2.86. The highest BCUT2D eigenvalue weighted by Crippen LogP contribution is 2.08. The minimum Gasteiger partial charge on any atom is -0.478 e. The molecular formula is C20H35N3O4. The van der Waals surface area contributed by atoms with E-state index in [9.17, 15) is 15.0 Å². The first kappa shape index (κ1) is 23.5. The molecule has 0 aromatic heterocycles. The first-order chi connectivity index (χ1) is 12.8. The average molecular weight is 382 g/mol. The Morgan fingerprint density at radius 2 is 1.67 bits per heavy atom. The molecule has 1 rings (SSSR count). The number of nitrogens with zero attached hydrogens (tertiary/aromatic N) is 2. The van der Waals surface area contributed by atoms with Crippen LogP contribution in [0.5, 0.6) is 0 Å². The molecule has 1 aromatic carbocycles. The SMILES string of the molecule is CCN(CCN(CCNC[C@H](C)O)C[C@H](C)O)Cc1ccc(C(=O)O)cc1. The standard InChI is InChI=1S/C20H35N3O4/c1-4-22(15-18-5-7-19(8-6-18)20(26)27)11-12-23(14-17(3)25)10-9-21-13-16(2)24/h5-8,16-17,21,24-25H,4,9-15H2,1-3H3,(H,26,27)/t16-,17-/m0/s1.